The van der Waals surface area contributed by atoms with Crippen LogP contribution in [0.15, 0.2) is 36.7 Å². The molecule has 3 N–H and O–H groups in total. The Morgan fingerprint density at radius 1 is 1.29 bits per heavy atom. The lowest BCUT2D eigenvalue weighted by Gasteiger charge is -2.11. The Balaban J connectivity index is 2.14. The number of nitrogens with two attached hydrogens (primary N) is 1. The van der Waals surface area contributed by atoms with E-state index in [1.165, 1.54) is 6.20 Å². The van der Waals surface area contributed by atoms with Crippen molar-refractivity contribution < 1.29 is 5.11 Å². The van der Waals surface area contributed by atoms with Crippen molar-refractivity contribution in [2.75, 3.05) is 5.73 Å². The number of aliphatic hydroxyl groups is 1. The SMILES string of the molecule is Nc1ncccc1CC(O)c1ccc(Cl)cn1. The molecule has 0 spiro atoms. The third-order valence-corrected chi connectivity index (χ3v) is 2.65. The number of nitrogens with zero attached hydrogens (tertiary/aromatic N) is 2. The Labute approximate surface area is 104 Å². The molecule has 0 bridgehead atoms. The van der Waals surface area contributed by atoms with Crippen molar-refractivity contribution in [3.05, 3.63) is 52.9 Å². The molecule has 0 aliphatic rings. The molecule has 0 radical (unpaired) electrons. The van der Waals surface area contributed by atoms with Gasteiger partial charge in [0.1, 0.15) is 11.9 Å². The maximum atomic E-state index is 10.0. The minimum Gasteiger partial charge on any atom is -0.386 e. The van der Waals surface area contributed by atoms with Crippen molar-refractivity contribution in [2.45, 2.75) is 12.5 Å². The Morgan fingerprint density at radius 3 is 2.76 bits per heavy atom. The molecule has 0 aliphatic heterocycles. The summed E-state index contributed by atoms with van der Waals surface area (Å²) in [4.78, 5) is 8.03. The zero-order valence-electron chi connectivity index (χ0n) is 9.05. The lowest BCUT2D eigenvalue weighted by molar-refractivity contribution is 0.173. The monoisotopic (exact) mass is 249 g/mol. The van der Waals surface area contributed by atoms with Crippen LogP contribution < -0.4 is 5.73 Å². The van der Waals surface area contributed by atoms with Gasteiger partial charge in [-0.3, -0.25) is 4.98 Å². The van der Waals surface area contributed by atoms with Crippen LogP contribution in [-0.2, 0) is 6.42 Å². The predicted octanol–water partition coefficient (Wildman–Crippen LogP) is 1.99. The molecule has 0 amide bonds. The highest BCUT2D eigenvalue weighted by molar-refractivity contribution is 6.30. The van der Waals surface area contributed by atoms with Crippen LogP contribution >= 0.6 is 11.6 Å². The molecule has 0 saturated carbocycles. The smallest absolute Gasteiger partial charge is 0.126 e. The first-order valence-corrected chi connectivity index (χ1v) is 5.53. The first kappa shape index (κ1) is 11.8. The standard InChI is InChI=1S/C12H12ClN3O/c13-9-3-4-10(16-7-9)11(17)6-8-2-1-5-15-12(8)14/h1-5,7,11,17H,6H2,(H2,14,15). The van der Waals surface area contributed by atoms with Gasteiger partial charge < -0.3 is 10.8 Å². The topological polar surface area (TPSA) is 72.0 Å². The zero-order valence-corrected chi connectivity index (χ0v) is 9.80. The summed E-state index contributed by atoms with van der Waals surface area (Å²) in [6, 6.07) is 7.01. The van der Waals surface area contributed by atoms with Crippen LogP contribution in [0.5, 0.6) is 0 Å². The lowest BCUT2D eigenvalue weighted by atomic mass is 10.1. The molecule has 0 aliphatic carbocycles. The van der Waals surface area contributed by atoms with Crippen LogP contribution in [0.25, 0.3) is 0 Å². The molecule has 88 valence electrons. The van der Waals surface area contributed by atoms with E-state index >= 15 is 0 Å². The molecular formula is C12H12ClN3O. The molecule has 0 aromatic carbocycles. The number of hydrogen-bond donors (Lipinski definition) is 2. The van der Waals surface area contributed by atoms with E-state index in [2.05, 4.69) is 9.97 Å². The molecule has 2 rings (SSSR count). The van der Waals surface area contributed by atoms with E-state index < -0.39 is 6.10 Å². The summed E-state index contributed by atoms with van der Waals surface area (Å²) >= 11 is 5.73. The Bertz CT molecular complexity index is 501. The van der Waals surface area contributed by atoms with Gasteiger partial charge in [-0.2, -0.15) is 0 Å². The van der Waals surface area contributed by atoms with Crippen molar-refractivity contribution in [1.82, 2.24) is 9.97 Å². The van der Waals surface area contributed by atoms with E-state index in [-0.39, 0.29) is 0 Å². The van der Waals surface area contributed by atoms with E-state index in [4.69, 9.17) is 17.3 Å². The van der Waals surface area contributed by atoms with Gasteiger partial charge in [-0.25, -0.2) is 4.98 Å². The number of rotatable bonds is 3. The molecule has 0 saturated heterocycles. The Kier molecular flexibility index (Phi) is 3.56. The molecule has 4 nitrogen and oxygen atoms in total. The summed E-state index contributed by atoms with van der Waals surface area (Å²) in [6.45, 7) is 0. The van der Waals surface area contributed by atoms with E-state index in [1.807, 2.05) is 6.07 Å². The number of nitrogen functional groups attached to an aromatic ring is 1. The first-order chi connectivity index (χ1) is 8.16. The van der Waals surface area contributed by atoms with Gasteiger partial charge >= 0.3 is 0 Å². The quantitative estimate of drug-likeness (QED) is 0.873. The molecule has 5 heteroatoms. The van der Waals surface area contributed by atoms with E-state index in [0.717, 1.165) is 5.56 Å². The van der Waals surface area contributed by atoms with E-state index in [1.54, 1.807) is 24.4 Å². The maximum absolute atomic E-state index is 10.0. The number of aliphatic hydroxyl groups excluding tert-OH is 1. The van der Waals surface area contributed by atoms with E-state index in [0.29, 0.717) is 23.0 Å². The van der Waals surface area contributed by atoms with Crippen molar-refractivity contribution >= 4 is 17.4 Å². The highest BCUT2D eigenvalue weighted by atomic mass is 35.5. The molecule has 2 aromatic heterocycles. The molecule has 1 unspecified atom stereocenters. The van der Waals surface area contributed by atoms with Crippen LogP contribution in [0.2, 0.25) is 5.02 Å². The minimum absolute atomic E-state index is 0.383. The van der Waals surface area contributed by atoms with Gasteiger partial charge in [0.05, 0.1) is 10.7 Å². The van der Waals surface area contributed by atoms with Crippen LogP contribution in [0, 0.1) is 0 Å². The van der Waals surface area contributed by atoms with Crippen molar-refractivity contribution in [1.29, 1.82) is 0 Å². The summed E-state index contributed by atoms with van der Waals surface area (Å²) < 4.78 is 0. The van der Waals surface area contributed by atoms with Crippen LogP contribution in [0.1, 0.15) is 17.4 Å². The second-order valence-electron chi connectivity index (χ2n) is 3.67. The van der Waals surface area contributed by atoms with Crippen molar-refractivity contribution in [2.24, 2.45) is 0 Å². The van der Waals surface area contributed by atoms with Crippen molar-refractivity contribution in [3.63, 3.8) is 0 Å². The molecule has 17 heavy (non-hydrogen) atoms. The fourth-order valence-electron chi connectivity index (χ4n) is 1.52. The van der Waals surface area contributed by atoms with Crippen LogP contribution in [-0.4, -0.2) is 15.1 Å². The number of anilines is 1. The van der Waals surface area contributed by atoms with Gasteiger partial charge in [-0.15, -0.1) is 0 Å². The van der Waals surface area contributed by atoms with Gasteiger partial charge in [0.25, 0.3) is 0 Å². The van der Waals surface area contributed by atoms with Crippen molar-refractivity contribution in [3.8, 4) is 0 Å². The van der Waals surface area contributed by atoms with Crippen LogP contribution in [0.3, 0.4) is 0 Å². The number of hydrogen-bond acceptors (Lipinski definition) is 4. The second-order valence-corrected chi connectivity index (χ2v) is 4.11. The molecule has 0 fully saturated rings. The number of pyridine rings is 2. The van der Waals surface area contributed by atoms with E-state index in [9.17, 15) is 5.11 Å². The maximum Gasteiger partial charge on any atom is 0.126 e. The fraction of sp³-hybridized carbons (Fsp3) is 0.167. The van der Waals surface area contributed by atoms with Crippen LogP contribution in [0.4, 0.5) is 5.82 Å². The highest BCUT2D eigenvalue weighted by Gasteiger charge is 2.11. The Morgan fingerprint density at radius 2 is 2.12 bits per heavy atom. The number of aromatic nitrogens is 2. The summed E-state index contributed by atoms with van der Waals surface area (Å²) in [6.07, 6.45) is 2.80. The normalized spacial score (nSPS) is 12.4. The highest BCUT2D eigenvalue weighted by Crippen LogP contribution is 2.20. The summed E-state index contributed by atoms with van der Waals surface area (Å²) in [5, 5.41) is 10.5. The van der Waals surface area contributed by atoms with Gasteiger partial charge in [0.15, 0.2) is 0 Å². The summed E-state index contributed by atoms with van der Waals surface area (Å²) in [5.41, 5.74) is 7.08. The first-order valence-electron chi connectivity index (χ1n) is 5.15. The Hall–Kier alpha value is -1.65. The summed E-state index contributed by atoms with van der Waals surface area (Å²) in [7, 11) is 0. The molecular weight excluding hydrogens is 238 g/mol. The number of halogens is 1. The molecule has 2 aromatic rings. The van der Waals surface area contributed by atoms with Gasteiger partial charge in [0, 0.05) is 18.8 Å². The second kappa shape index (κ2) is 5.12. The lowest BCUT2D eigenvalue weighted by Crippen LogP contribution is -2.06. The van der Waals surface area contributed by atoms with Gasteiger partial charge in [-0.05, 0) is 23.8 Å². The van der Waals surface area contributed by atoms with Gasteiger partial charge in [-0.1, -0.05) is 17.7 Å². The minimum atomic E-state index is -0.709. The third-order valence-electron chi connectivity index (χ3n) is 2.43. The third kappa shape index (κ3) is 2.93. The van der Waals surface area contributed by atoms with Gasteiger partial charge in [0.2, 0.25) is 0 Å². The molecule has 2 heterocycles. The fourth-order valence-corrected chi connectivity index (χ4v) is 1.63. The summed E-state index contributed by atoms with van der Waals surface area (Å²) in [5.74, 6) is 0.431. The molecule has 1 atom stereocenters. The zero-order chi connectivity index (χ0) is 12.3. The average Bonchev–Trinajstić information content (AvgIpc) is 2.33. The predicted molar refractivity (Wildman–Crippen MR) is 66.6 cm³/mol. The largest absolute Gasteiger partial charge is 0.386 e. The average molecular weight is 250 g/mol.